The van der Waals surface area contributed by atoms with Gasteiger partial charge >= 0.3 is 0 Å². The second-order valence-corrected chi connectivity index (χ2v) is 5.37. The van der Waals surface area contributed by atoms with Crippen LogP contribution in [0.5, 0.6) is 0 Å². The number of carbonyl (C=O) groups is 1. The van der Waals surface area contributed by atoms with Crippen LogP contribution in [0.25, 0.3) is 0 Å². The molecule has 2 N–H and O–H groups in total. The molecular formula is C12H14ClF3N2OS. The first-order valence-electron chi connectivity index (χ1n) is 5.82. The summed E-state index contributed by atoms with van der Waals surface area (Å²) < 4.78 is 39.0. The van der Waals surface area contributed by atoms with Crippen molar-refractivity contribution in [3.63, 3.8) is 0 Å². The van der Waals surface area contributed by atoms with Crippen LogP contribution >= 0.6 is 24.2 Å². The van der Waals surface area contributed by atoms with E-state index in [1.165, 1.54) is 0 Å². The fourth-order valence-electron chi connectivity index (χ4n) is 1.79. The van der Waals surface area contributed by atoms with E-state index >= 15 is 0 Å². The molecule has 3 nitrogen and oxygen atoms in total. The Morgan fingerprint density at radius 1 is 1.30 bits per heavy atom. The number of nitrogens with one attached hydrogen (secondary N) is 2. The SMILES string of the molecule is Cl.O=C(CC1CSCCN1)Nc1cc(F)c(F)cc1F. The van der Waals surface area contributed by atoms with E-state index < -0.39 is 23.4 Å². The average molecular weight is 327 g/mol. The number of anilines is 1. The van der Waals surface area contributed by atoms with Gasteiger partial charge in [0.05, 0.1) is 5.69 Å². The van der Waals surface area contributed by atoms with Crippen LogP contribution in [0.2, 0.25) is 0 Å². The number of halogens is 4. The Morgan fingerprint density at radius 3 is 2.65 bits per heavy atom. The number of thioether (sulfide) groups is 1. The molecule has 1 fully saturated rings. The van der Waals surface area contributed by atoms with Crippen LogP contribution in [-0.2, 0) is 4.79 Å². The van der Waals surface area contributed by atoms with Crippen LogP contribution in [0.15, 0.2) is 12.1 Å². The quantitative estimate of drug-likeness (QED) is 0.839. The fourth-order valence-corrected chi connectivity index (χ4v) is 2.74. The van der Waals surface area contributed by atoms with Gasteiger partial charge in [0.2, 0.25) is 5.91 Å². The third-order valence-corrected chi connectivity index (χ3v) is 3.85. The van der Waals surface area contributed by atoms with Crippen molar-refractivity contribution in [2.45, 2.75) is 12.5 Å². The minimum Gasteiger partial charge on any atom is -0.323 e. The van der Waals surface area contributed by atoms with Crippen LogP contribution in [0.1, 0.15) is 6.42 Å². The maximum absolute atomic E-state index is 13.3. The molecule has 1 heterocycles. The maximum atomic E-state index is 13.3. The molecule has 20 heavy (non-hydrogen) atoms. The number of hydrogen-bond acceptors (Lipinski definition) is 3. The molecule has 8 heteroatoms. The normalized spacial score (nSPS) is 18.2. The molecule has 1 aromatic carbocycles. The summed E-state index contributed by atoms with van der Waals surface area (Å²) in [6, 6.07) is 1.08. The van der Waals surface area contributed by atoms with E-state index in [2.05, 4.69) is 10.6 Å². The second-order valence-electron chi connectivity index (χ2n) is 4.22. The lowest BCUT2D eigenvalue weighted by Gasteiger charge is -2.22. The number of hydrogen-bond donors (Lipinski definition) is 2. The van der Waals surface area contributed by atoms with Gasteiger partial charge < -0.3 is 10.6 Å². The van der Waals surface area contributed by atoms with Crippen molar-refractivity contribution >= 4 is 35.8 Å². The Kier molecular flexibility index (Phi) is 6.64. The predicted octanol–water partition coefficient (Wildman–Crippen LogP) is 2.56. The summed E-state index contributed by atoms with van der Waals surface area (Å²) in [5, 5.41) is 5.42. The third-order valence-electron chi connectivity index (χ3n) is 2.71. The first-order valence-corrected chi connectivity index (χ1v) is 6.97. The molecule has 1 saturated heterocycles. The molecule has 1 aliphatic heterocycles. The Bertz CT molecular complexity index is 484. The molecule has 112 valence electrons. The lowest BCUT2D eigenvalue weighted by molar-refractivity contribution is -0.116. The number of amides is 1. The minimum absolute atomic E-state index is 0. The Labute approximate surface area is 125 Å². The third kappa shape index (κ3) is 4.57. The van der Waals surface area contributed by atoms with E-state index in [0.29, 0.717) is 12.1 Å². The van der Waals surface area contributed by atoms with Crippen LogP contribution in [0.3, 0.4) is 0 Å². The highest BCUT2D eigenvalue weighted by molar-refractivity contribution is 7.99. The summed E-state index contributed by atoms with van der Waals surface area (Å²) in [5.41, 5.74) is -0.340. The zero-order valence-electron chi connectivity index (χ0n) is 10.4. The van der Waals surface area contributed by atoms with Crippen LogP contribution in [0.4, 0.5) is 18.9 Å². The first-order chi connectivity index (χ1) is 9.06. The first kappa shape index (κ1) is 17.1. The monoisotopic (exact) mass is 326 g/mol. The van der Waals surface area contributed by atoms with E-state index in [-0.39, 0.29) is 30.6 Å². The van der Waals surface area contributed by atoms with Gasteiger partial charge in [-0.2, -0.15) is 11.8 Å². The zero-order chi connectivity index (χ0) is 13.8. The Balaban J connectivity index is 0.00000200. The van der Waals surface area contributed by atoms with Gasteiger partial charge in [-0.1, -0.05) is 0 Å². The highest BCUT2D eigenvalue weighted by Crippen LogP contribution is 2.19. The van der Waals surface area contributed by atoms with Crippen molar-refractivity contribution in [2.75, 3.05) is 23.4 Å². The Hall–Kier alpha value is -0.920. The van der Waals surface area contributed by atoms with Gasteiger partial charge in [0.15, 0.2) is 11.6 Å². The summed E-state index contributed by atoms with van der Waals surface area (Å²) in [7, 11) is 0. The van der Waals surface area contributed by atoms with Gasteiger partial charge in [-0.3, -0.25) is 4.79 Å². The van der Waals surface area contributed by atoms with Gasteiger partial charge in [0.25, 0.3) is 0 Å². The summed E-state index contributed by atoms with van der Waals surface area (Å²) in [4.78, 5) is 11.7. The van der Waals surface area contributed by atoms with E-state index in [1.54, 1.807) is 11.8 Å². The van der Waals surface area contributed by atoms with E-state index in [0.717, 1.165) is 18.1 Å². The van der Waals surface area contributed by atoms with Crippen molar-refractivity contribution in [1.29, 1.82) is 0 Å². The van der Waals surface area contributed by atoms with Crippen LogP contribution in [0, 0.1) is 17.5 Å². The van der Waals surface area contributed by atoms with Crippen molar-refractivity contribution < 1.29 is 18.0 Å². The zero-order valence-corrected chi connectivity index (χ0v) is 12.1. The van der Waals surface area contributed by atoms with E-state index in [9.17, 15) is 18.0 Å². The lowest BCUT2D eigenvalue weighted by atomic mass is 10.2. The Morgan fingerprint density at radius 2 is 2.00 bits per heavy atom. The standard InChI is InChI=1S/C12H13F3N2OS.ClH/c13-8-4-10(15)11(5-9(8)14)17-12(18)3-7-6-19-2-1-16-7;/h4-5,7,16H,1-3,6H2,(H,17,18);1H. The van der Waals surface area contributed by atoms with Gasteiger partial charge in [-0.25, -0.2) is 13.2 Å². The summed E-state index contributed by atoms with van der Waals surface area (Å²) in [6.45, 7) is 0.822. The van der Waals surface area contributed by atoms with Gasteiger partial charge in [0.1, 0.15) is 5.82 Å². The highest BCUT2D eigenvalue weighted by Gasteiger charge is 2.18. The van der Waals surface area contributed by atoms with Crippen molar-refractivity contribution in [2.24, 2.45) is 0 Å². The summed E-state index contributed by atoms with van der Waals surface area (Å²) >= 11 is 1.73. The molecule has 0 aromatic heterocycles. The molecule has 0 spiro atoms. The molecule has 1 atom stereocenters. The molecule has 1 aromatic rings. The molecule has 0 bridgehead atoms. The van der Waals surface area contributed by atoms with Gasteiger partial charge in [-0.05, 0) is 0 Å². The van der Waals surface area contributed by atoms with E-state index in [1.807, 2.05) is 0 Å². The molecular weight excluding hydrogens is 313 g/mol. The molecule has 1 unspecified atom stereocenters. The number of carbonyl (C=O) groups excluding carboxylic acids is 1. The highest BCUT2D eigenvalue weighted by atomic mass is 35.5. The average Bonchev–Trinajstić information content (AvgIpc) is 2.37. The van der Waals surface area contributed by atoms with Crippen molar-refractivity contribution in [3.8, 4) is 0 Å². The lowest BCUT2D eigenvalue weighted by Crippen LogP contribution is -2.40. The molecule has 1 aliphatic rings. The van der Waals surface area contributed by atoms with Crippen molar-refractivity contribution in [3.05, 3.63) is 29.6 Å². The van der Waals surface area contributed by atoms with Crippen LogP contribution < -0.4 is 10.6 Å². The summed E-state index contributed by atoms with van der Waals surface area (Å²) in [6.07, 6.45) is 0.172. The smallest absolute Gasteiger partial charge is 0.226 e. The van der Waals surface area contributed by atoms with Gasteiger partial charge in [-0.15, -0.1) is 12.4 Å². The molecule has 2 rings (SSSR count). The summed E-state index contributed by atoms with van der Waals surface area (Å²) in [5.74, 6) is -2.09. The number of benzene rings is 1. The van der Waals surface area contributed by atoms with E-state index in [4.69, 9.17) is 0 Å². The van der Waals surface area contributed by atoms with Crippen LogP contribution in [-0.4, -0.2) is 30.0 Å². The predicted molar refractivity (Wildman–Crippen MR) is 75.9 cm³/mol. The molecule has 0 aliphatic carbocycles. The topological polar surface area (TPSA) is 41.1 Å². The largest absolute Gasteiger partial charge is 0.323 e. The van der Waals surface area contributed by atoms with Gasteiger partial charge in [0, 0.05) is 42.6 Å². The molecule has 0 saturated carbocycles. The molecule has 0 radical (unpaired) electrons. The minimum atomic E-state index is -1.28. The maximum Gasteiger partial charge on any atom is 0.226 e. The second kappa shape index (κ2) is 7.75. The number of rotatable bonds is 3. The molecule has 1 amide bonds. The fraction of sp³-hybridized carbons (Fsp3) is 0.417. The van der Waals surface area contributed by atoms with Crippen molar-refractivity contribution in [1.82, 2.24) is 5.32 Å².